The SMILES string of the molecule is COc1ccc(NCc2nnc(SCc3ccccc3)n2N)cc1. The van der Waals surface area contributed by atoms with E-state index in [1.54, 1.807) is 18.9 Å². The number of benzene rings is 2. The molecule has 3 aromatic rings. The molecule has 0 spiro atoms. The van der Waals surface area contributed by atoms with Gasteiger partial charge in [0.05, 0.1) is 13.7 Å². The molecule has 0 unspecified atom stereocenters. The number of hydrogen-bond acceptors (Lipinski definition) is 6. The highest BCUT2D eigenvalue weighted by Crippen LogP contribution is 2.21. The van der Waals surface area contributed by atoms with Crippen LogP contribution in [0.4, 0.5) is 5.69 Å². The Morgan fingerprint density at radius 3 is 2.54 bits per heavy atom. The van der Waals surface area contributed by atoms with Crippen LogP contribution in [-0.4, -0.2) is 22.0 Å². The van der Waals surface area contributed by atoms with E-state index in [4.69, 9.17) is 10.6 Å². The average Bonchev–Trinajstić information content (AvgIpc) is 2.99. The lowest BCUT2D eigenvalue weighted by Gasteiger charge is -2.07. The Hall–Kier alpha value is -2.67. The van der Waals surface area contributed by atoms with Crippen LogP contribution in [0.5, 0.6) is 5.75 Å². The summed E-state index contributed by atoms with van der Waals surface area (Å²) in [7, 11) is 1.65. The van der Waals surface area contributed by atoms with E-state index in [1.165, 1.54) is 10.2 Å². The molecule has 3 N–H and O–H groups in total. The minimum absolute atomic E-state index is 0.502. The number of nitrogens with one attached hydrogen (secondary N) is 1. The van der Waals surface area contributed by atoms with E-state index in [9.17, 15) is 0 Å². The topological polar surface area (TPSA) is 78.0 Å². The summed E-state index contributed by atoms with van der Waals surface area (Å²) in [4.78, 5) is 0. The lowest BCUT2D eigenvalue weighted by Crippen LogP contribution is -2.16. The number of nitrogens with zero attached hydrogens (tertiary/aromatic N) is 3. The lowest BCUT2D eigenvalue weighted by molar-refractivity contribution is 0.415. The lowest BCUT2D eigenvalue weighted by atomic mass is 10.2. The van der Waals surface area contributed by atoms with Crippen molar-refractivity contribution in [3.05, 3.63) is 66.0 Å². The van der Waals surface area contributed by atoms with E-state index in [-0.39, 0.29) is 0 Å². The second-order valence-corrected chi connectivity index (χ2v) is 6.07. The fourth-order valence-electron chi connectivity index (χ4n) is 2.14. The summed E-state index contributed by atoms with van der Waals surface area (Å²) >= 11 is 1.57. The maximum absolute atomic E-state index is 6.09. The van der Waals surface area contributed by atoms with Crippen molar-refractivity contribution in [2.45, 2.75) is 17.5 Å². The molecule has 24 heavy (non-hydrogen) atoms. The number of nitrogen functional groups attached to an aromatic ring is 1. The second-order valence-electron chi connectivity index (χ2n) is 5.13. The Kier molecular flexibility index (Phi) is 5.22. The minimum Gasteiger partial charge on any atom is -0.497 e. The molecule has 0 aliphatic heterocycles. The van der Waals surface area contributed by atoms with Gasteiger partial charge in [0.15, 0.2) is 5.82 Å². The normalized spacial score (nSPS) is 10.5. The van der Waals surface area contributed by atoms with Gasteiger partial charge >= 0.3 is 0 Å². The zero-order valence-electron chi connectivity index (χ0n) is 13.3. The van der Waals surface area contributed by atoms with E-state index < -0.39 is 0 Å². The molecule has 1 heterocycles. The van der Waals surface area contributed by atoms with Crippen molar-refractivity contribution in [2.75, 3.05) is 18.3 Å². The number of rotatable bonds is 7. The highest BCUT2D eigenvalue weighted by atomic mass is 32.2. The molecule has 0 radical (unpaired) electrons. The zero-order valence-corrected chi connectivity index (χ0v) is 14.2. The van der Waals surface area contributed by atoms with Crippen LogP contribution in [0.3, 0.4) is 0 Å². The van der Waals surface area contributed by atoms with Crippen LogP contribution < -0.4 is 15.9 Å². The molecule has 1 aromatic heterocycles. The van der Waals surface area contributed by atoms with E-state index in [0.717, 1.165) is 17.2 Å². The highest BCUT2D eigenvalue weighted by Gasteiger charge is 2.10. The molecule has 7 heteroatoms. The number of anilines is 1. The van der Waals surface area contributed by atoms with Crippen LogP contribution in [0.25, 0.3) is 0 Å². The molecule has 6 nitrogen and oxygen atoms in total. The highest BCUT2D eigenvalue weighted by molar-refractivity contribution is 7.98. The predicted octanol–water partition coefficient (Wildman–Crippen LogP) is 2.90. The molecular formula is C17H19N5OS. The number of thioether (sulfide) groups is 1. The van der Waals surface area contributed by atoms with Gasteiger partial charge in [0.25, 0.3) is 0 Å². The molecule has 0 aliphatic rings. The van der Waals surface area contributed by atoms with E-state index >= 15 is 0 Å². The van der Waals surface area contributed by atoms with E-state index in [0.29, 0.717) is 17.5 Å². The third kappa shape index (κ3) is 3.99. The first-order valence-electron chi connectivity index (χ1n) is 7.50. The van der Waals surface area contributed by atoms with Gasteiger partial charge < -0.3 is 15.9 Å². The van der Waals surface area contributed by atoms with Crippen LogP contribution in [-0.2, 0) is 12.3 Å². The fourth-order valence-corrected chi connectivity index (χ4v) is 2.97. The monoisotopic (exact) mass is 341 g/mol. The van der Waals surface area contributed by atoms with Crippen molar-refractivity contribution >= 4 is 17.4 Å². The molecule has 3 rings (SSSR count). The largest absolute Gasteiger partial charge is 0.497 e. The third-order valence-corrected chi connectivity index (χ3v) is 4.50. The van der Waals surface area contributed by atoms with Crippen LogP contribution in [0.15, 0.2) is 59.8 Å². The predicted molar refractivity (Wildman–Crippen MR) is 96.5 cm³/mol. The van der Waals surface area contributed by atoms with Crippen LogP contribution in [0.2, 0.25) is 0 Å². The number of aromatic nitrogens is 3. The van der Waals surface area contributed by atoms with Crippen molar-refractivity contribution < 1.29 is 4.74 Å². The van der Waals surface area contributed by atoms with E-state index in [2.05, 4.69) is 27.6 Å². The Balaban J connectivity index is 1.57. The van der Waals surface area contributed by atoms with Crippen molar-refractivity contribution in [1.82, 2.24) is 14.9 Å². The molecule has 0 saturated heterocycles. The van der Waals surface area contributed by atoms with Gasteiger partial charge in [0, 0.05) is 11.4 Å². The summed E-state index contributed by atoms with van der Waals surface area (Å²) in [6.45, 7) is 0.502. The van der Waals surface area contributed by atoms with Crippen molar-refractivity contribution in [3.8, 4) is 5.75 Å². The molecule has 0 aliphatic carbocycles. The summed E-state index contributed by atoms with van der Waals surface area (Å²) in [6.07, 6.45) is 0. The first kappa shape index (κ1) is 16.2. The molecule has 0 fully saturated rings. The standard InChI is InChI=1S/C17H19N5OS/c1-23-15-9-7-14(8-10-15)19-11-16-20-21-17(22(16)18)24-12-13-5-3-2-4-6-13/h2-10,19H,11-12,18H2,1H3. The fraction of sp³-hybridized carbons (Fsp3) is 0.176. The number of nitrogens with two attached hydrogens (primary N) is 1. The van der Waals surface area contributed by atoms with Crippen LogP contribution in [0, 0.1) is 0 Å². The van der Waals surface area contributed by atoms with Crippen molar-refractivity contribution in [2.24, 2.45) is 0 Å². The van der Waals surface area contributed by atoms with Gasteiger partial charge in [-0.15, -0.1) is 10.2 Å². The molecule has 2 aromatic carbocycles. The minimum atomic E-state index is 0.502. The molecule has 0 saturated carbocycles. The van der Waals surface area contributed by atoms with Crippen LogP contribution >= 0.6 is 11.8 Å². The van der Waals surface area contributed by atoms with Gasteiger partial charge in [0.1, 0.15) is 5.75 Å². The molecule has 0 bridgehead atoms. The number of ether oxygens (including phenoxy) is 1. The van der Waals surface area contributed by atoms with Gasteiger partial charge in [-0.1, -0.05) is 42.1 Å². The Morgan fingerprint density at radius 1 is 1.08 bits per heavy atom. The quantitative estimate of drug-likeness (QED) is 0.508. The Bertz CT molecular complexity index is 773. The zero-order chi connectivity index (χ0) is 16.8. The van der Waals surface area contributed by atoms with Gasteiger partial charge in [-0.2, -0.15) is 0 Å². The van der Waals surface area contributed by atoms with E-state index in [1.807, 2.05) is 42.5 Å². The van der Waals surface area contributed by atoms with Crippen LogP contribution in [0.1, 0.15) is 11.4 Å². The van der Waals surface area contributed by atoms with Gasteiger partial charge in [-0.25, -0.2) is 4.68 Å². The number of methoxy groups -OCH3 is 1. The summed E-state index contributed by atoms with van der Waals surface area (Å²) in [5.41, 5.74) is 2.20. The van der Waals surface area contributed by atoms with Gasteiger partial charge in [0.2, 0.25) is 5.16 Å². The number of hydrogen-bond donors (Lipinski definition) is 2. The smallest absolute Gasteiger partial charge is 0.210 e. The maximum Gasteiger partial charge on any atom is 0.210 e. The van der Waals surface area contributed by atoms with Crippen molar-refractivity contribution in [3.63, 3.8) is 0 Å². The molecule has 0 atom stereocenters. The summed E-state index contributed by atoms with van der Waals surface area (Å²) in [6, 6.07) is 17.9. The summed E-state index contributed by atoms with van der Waals surface area (Å²) in [5.74, 6) is 8.40. The molecule has 0 amide bonds. The Labute approximate surface area is 145 Å². The first-order chi connectivity index (χ1) is 11.8. The third-order valence-electron chi connectivity index (χ3n) is 3.49. The Morgan fingerprint density at radius 2 is 1.83 bits per heavy atom. The molecule has 124 valence electrons. The summed E-state index contributed by atoms with van der Waals surface area (Å²) in [5, 5.41) is 12.3. The molecular weight excluding hydrogens is 322 g/mol. The second kappa shape index (κ2) is 7.74. The first-order valence-corrected chi connectivity index (χ1v) is 8.49. The van der Waals surface area contributed by atoms with Gasteiger partial charge in [-0.05, 0) is 29.8 Å². The average molecular weight is 341 g/mol. The van der Waals surface area contributed by atoms with Crippen molar-refractivity contribution in [1.29, 1.82) is 0 Å². The van der Waals surface area contributed by atoms with Gasteiger partial charge in [-0.3, -0.25) is 0 Å². The maximum atomic E-state index is 6.09. The summed E-state index contributed by atoms with van der Waals surface area (Å²) < 4.78 is 6.67.